The van der Waals surface area contributed by atoms with Crippen LogP contribution in [-0.4, -0.2) is 23.9 Å². The molecule has 0 aromatic heterocycles. The van der Waals surface area contributed by atoms with E-state index in [-0.39, 0.29) is 5.91 Å². The zero-order valence-corrected chi connectivity index (χ0v) is 12.5. The summed E-state index contributed by atoms with van der Waals surface area (Å²) in [7, 11) is 0. The molecule has 0 spiro atoms. The van der Waals surface area contributed by atoms with E-state index < -0.39 is 0 Å². The van der Waals surface area contributed by atoms with Crippen LogP contribution in [0.3, 0.4) is 0 Å². The van der Waals surface area contributed by atoms with Gasteiger partial charge in [0.2, 0.25) is 0 Å². The molecule has 4 heteroatoms. The van der Waals surface area contributed by atoms with E-state index in [0.717, 1.165) is 16.5 Å². The first-order chi connectivity index (χ1) is 8.08. The minimum absolute atomic E-state index is 0.0621. The van der Waals surface area contributed by atoms with E-state index >= 15 is 0 Å². The Morgan fingerprint density at radius 3 is 2.82 bits per heavy atom. The lowest BCUT2D eigenvalue weighted by atomic mass is 10.1. The Morgan fingerprint density at radius 1 is 1.47 bits per heavy atom. The average Bonchev–Trinajstić information content (AvgIpc) is 2.33. The lowest BCUT2D eigenvalue weighted by Crippen LogP contribution is -2.34. The third-order valence-corrected chi connectivity index (χ3v) is 4.46. The van der Waals surface area contributed by atoms with Gasteiger partial charge in [-0.05, 0) is 54.1 Å². The lowest BCUT2D eigenvalue weighted by Gasteiger charge is -2.25. The van der Waals surface area contributed by atoms with Gasteiger partial charge in [-0.2, -0.15) is 0 Å². The van der Waals surface area contributed by atoms with Crippen molar-refractivity contribution >= 4 is 40.1 Å². The van der Waals surface area contributed by atoms with Crippen molar-refractivity contribution in [3.63, 3.8) is 0 Å². The number of amides is 1. The Bertz CT molecular complexity index is 484. The van der Waals surface area contributed by atoms with Crippen LogP contribution in [0.25, 0.3) is 0 Å². The Balaban J connectivity index is 2.17. The van der Waals surface area contributed by atoms with Gasteiger partial charge in [-0.25, -0.2) is 0 Å². The average molecular weight is 362 g/mol. The lowest BCUT2D eigenvalue weighted by molar-refractivity contribution is 0.0769. The summed E-state index contributed by atoms with van der Waals surface area (Å²) in [5.74, 6) is 0.0621. The highest BCUT2D eigenvalue weighted by Gasteiger charge is 2.17. The molecule has 2 rings (SSSR count). The van der Waals surface area contributed by atoms with E-state index in [1.165, 1.54) is 5.57 Å². The molecule has 0 fully saturated rings. The van der Waals surface area contributed by atoms with Crippen molar-refractivity contribution in [3.05, 3.63) is 44.0 Å². The van der Waals surface area contributed by atoms with Gasteiger partial charge in [-0.1, -0.05) is 23.3 Å². The first-order valence-corrected chi connectivity index (χ1v) is 6.93. The van der Waals surface area contributed by atoms with Gasteiger partial charge < -0.3 is 4.90 Å². The van der Waals surface area contributed by atoms with Gasteiger partial charge in [0.1, 0.15) is 0 Å². The number of rotatable bonds is 1. The summed E-state index contributed by atoms with van der Waals surface area (Å²) in [6.45, 7) is 3.60. The number of carbonyl (C=O) groups excluding carboxylic acids is 1. The van der Waals surface area contributed by atoms with Crippen LogP contribution >= 0.6 is 34.2 Å². The summed E-state index contributed by atoms with van der Waals surface area (Å²) < 4.78 is 0.968. The zero-order chi connectivity index (χ0) is 12.4. The van der Waals surface area contributed by atoms with Gasteiger partial charge >= 0.3 is 0 Å². The molecule has 0 saturated heterocycles. The van der Waals surface area contributed by atoms with E-state index in [0.29, 0.717) is 17.1 Å². The topological polar surface area (TPSA) is 20.3 Å². The van der Waals surface area contributed by atoms with Gasteiger partial charge in [0, 0.05) is 22.2 Å². The molecule has 1 heterocycles. The third-order valence-electron chi connectivity index (χ3n) is 2.89. The number of hydrogen-bond acceptors (Lipinski definition) is 1. The molecule has 0 unspecified atom stereocenters. The maximum absolute atomic E-state index is 12.2. The van der Waals surface area contributed by atoms with Crippen molar-refractivity contribution in [1.82, 2.24) is 4.90 Å². The molecule has 0 N–H and O–H groups in total. The fourth-order valence-electron chi connectivity index (χ4n) is 1.77. The van der Waals surface area contributed by atoms with Crippen LogP contribution in [0.1, 0.15) is 23.7 Å². The van der Waals surface area contributed by atoms with Crippen molar-refractivity contribution in [2.24, 2.45) is 0 Å². The number of carbonyl (C=O) groups is 1. The molecule has 1 aliphatic heterocycles. The number of hydrogen-bond donors (Lipinski definition) is 0. The van der Waals surface area contributed by atoms with Gasteiger partial charge in [0.15, 0.2) is 0 Å². The number of halogens is 2. The third kappa shape index (κ3) is 3.01. The Labute approximate surface area is 120 Å². The van der Waals surface area contributed by atoms with Gasteiger partial charge in [-0.3, -0.25) is 4.79 Å². The molecule has 0 radical (unpaired) electrons. The van der Waals surface area contributed by atoms with E-state index in [4.69, 9.17) is 11.6 Å². The SMILES string of the molecule is CC1=CCN(C(=O)c2ccc(I)c(Cl)c2)CC1. The molecule has 90 valence electrons. The number of nitrogens with zero attached hydrogens (tertiary/aromatic N) is 1. The summed E-state index contributed by atoms with van der Waals surface area (Å²) in [5, 5.41) is 0.639. The van der Waals surface area contributed by atoms with Gasteiger partial charge in [-0.15, -0.1) is 0 Å². The van der Waals surface area contributed by atoms with Gasteiger partial charge in [0.25, 0.3) is 5.91 Å². The van der Waals surface area contributed by atoms with Crippen molar-refractivity contribution < 1.29 is 4.79 Å². The molecule has 1 aromatic rings. The van der Waals surface area contributed by atoms with Crippen molar-refractivity contribution in [2.45, 2.75) is 13.3 Å². The van der Waals surface area contributed by atoms with Gasteiger partial charge in [0.05, 0.1) is 5.02 Å². The molecule has 0 saturated carbocycles. The van der Waals surface area contributed by atoms with Crippen LogP contribution in [-0.2, 0) is 0 Å². The largest absolute Gasteiger partial charge is 0.335 e. The molecule has 1 aliphatic rings. The van der Waals surface area contributed by atoms with Crippen molar-refractivity contribution in [2.75, 3.05) is 13.1 Å². The maximum Gasteiger partial charge on any atom is 0.254 e. The summed E-state index contributed by atoms with van der Waals surface area (Å²) in [4.78, 5) is 14.1. The Hall–Kier alpha value is -0.550. The number of benzene rings is 1. The monoisotopic (exact) mass is 361 g/mol. The standard InChI is InChI=1S/C13H13ClINO/c1-9-4-6-16(7-5-9)13(17)10-2-3-12(15)11(14)8-10/h2-4,8H,5-7H2,1H3. The first-order valence-electron chi connectivity index (χ1n) is 5.48. The van der Waals surface area contributed by atoms with E-state index in [1.807, 2.05) is 17.0 Å². The van der Waals surface area contributed by atoms with E-state index in [9.17, 15) is 4.79 Å². The van der Waals surface area contributed by atoms with E-state index in [1.54, 1.807) is 6.07 Å². The minimum Gasteiger partial charge on any atom is -0.335 e. The second-order valence-electron chi connectivity index (χ2n) is 4.18. The molecule has 1 amide bonds. The molecule has 1 aromatic carbocycles. The molecular weight excluding hydrogens is 349 g/mol. The fourth-order valence-corrected chi connectivity index (χ4v) is 2.28. The van der Waals surface area contributed by atoms with Crippen molar-refractivity contribution in [1.29, 1.82) is 0 Å². The van der Waals surface area contributed by atoms with Crippen LogP contribution in [0.5, 0.6) is 0 Å². The second-order valence-corrected chi connectivity index (χ2v) is 5.75. The molecule has 0 bridgehead atoms. The smallest absolute Gasteiger partial charge is 0.254 e. The van der Waals surface area contributed by atoms with Crippen LogP contribution < -0.4 is 0 Å². The molecule has 0 atom stereocenters. The predicted octanol–water partition coefficient (Wildman–Crippen LogP) is 3.74. The molecule has 2 nitrogen and oxygen atoms in total. The highest BCUT2D eigenvalue weighted by atomic mass is 127. The Kier molecular flexibility index (Phi) is 4.09. The summed E-state index contributed by atoms with van der Waals surface area (Å²) in [6, 6.07) is 5.46. The second kappa shape index (κ2) is 5.40. The summed E-state index contributed by atoms with van der Waals surface area (Å²) >= 11 is 8.19. The highest BCUT2D eigenvalue weighted by Crippen LogP contribution is 2.21. The fraction of sp³-hybridized carbons (Fsp3) is 0.308. The molecule has 17 heavy (non-hydrogen) atoms. The Morgan fingerprint density at radius 2 is 2.24 bits per heavy atom. The predicted molar refractivity (Wildman–Crippen MR) is 78.4 cm³/mol. The minimum atomic E-state index is 0.0621. The molecular formula is C13H13ClINO. The highest BCUT2D eigenvalue weighted by molar-refractivity contribution is 14.1. The first kappa shape index (κ1) is 12.9. The van der Waals surface area contributed by atoms with Crippen LogP contribution in [0.2, 0.25) is 5.02 Å². The van der Waals surface area contributed by atoms with Crippen LogP contribution in [0.4, 0.5) is 0 Å². The van der Waals surface area contributed by atoms with E-state index in [2.05, 4.69) is 35.6 Å². The normalized spacial score (nSPS) is 15.7. The zero-order valence-electron chi connectivity index (χ0n) is 9.54. The van der Waals surface area contributed by atoms with Crippen LogP contribution in [0.15, 0.2) is 29.8 Å². The summed E-state index contributed by atoms with van der Waals surface area (Å²) in [5.41, 5.74) is 2.03. The van der Waals surface area contributed by atoms with Crippen LogP contribution in [0, 0.1) is 3.57 Å². The molecule has 0 aliphatic carbocycles. The maximum atomic E-state index is 12.2. The van der Waals surface area contributed by atoms with Crippen molar-refractivity contribution in [3.8, 4) is 0 Å². The quantitative estimate of drug-likeness (QED) is 0.551. The summed E-state index contributed by atoms with van der Waals surface area (Å²) in [6.07, 6.45) is 3.07.